The van der Waals surface area contributed by atoms with E-state index in [-0.39, 0.29) is 18.1 Å². The Hall–Kier alpha value is -1.85. The Balaban J connectivity index is 1.65. The summed E-state index contributed by atoms with van der Waals surface area (Å²) in [5, 5.41) is 17.9. The van der Waals surface area contributed by atoms with Crippen molar-refractivity contribution < 1.29 is 9.90 Å². The molecule has 0 fully saturated rings. The first-order valence-corrected chi connectivity index (χ1v) is 7.89. The fourth-order valence-corrected chi connectivity index (χ4v) is 3.47. The number of amides is 2. The van der Waals surface area contributed by atoms with Crippen LogP contribution < -0.4 is 10.6 Å². The second-order valence-electron chi connectivity index (χ2n) is 5.30. The minimum absolute atomic E-state index is 0.0428. The van der Waals surface area contributed by atoms with E-state index in [1.807, 2.05) is 48.7 Å². The van der Waals surface area contributed by atoms with E-state index in [0.717, 1.165) is 16.0 Å². The smallest absolute Gasteiger partial charge is 0.315 e. The third-order valence-corrected chi connectivity index (χ3v) is 4.86. The molecular weight excluding hydrogens is 284 g/mol. The van der Waals surface area contributed by atoms with Crippen LogP contribution in [0.2, 0.25) is 0 Å². The van der Waals surface area contributed by atoms with Crippen LogP contribution >= 0.6 is 11.3 Å². The monoisotopic (exact) mass is 302 g/mol. The summed E-state index contributed by atoms with van der Waals surface area (Å²) in [6.45, 7) is 1.95. The predicted molar refractivity (Wildman–Crippen MR) is 83.3 cm³/mol. The fraction of sp³-hybridized carbons (Fsp3) is 0.312. The van der Waals surface area contributed by atoms with Crippen LogP contribution in [-0.4, -0.2) is 17.2 Å². The highest BCUT2D eigenvalue weighted by molar-refractivity contribution is 7.10. The molecule has 110 valence electrons. The molecule has 1 aliphatic carbocycles. The first-order chi connectivity index (χ1) is 10.1. The molecule has 0 bridgehead atoms. The Morgan fingerprint density at radius 1 is 1.33 bits per heavy atom. The van der Waals surface area contributed by atoms with Crippen molar-refractivity contribution in [2.75, 3.05) is 0 Å². The van der Waals surface area contributed by atoms with Crippen molar-refractivity contribution >= 4 is 17.4 Å². The van der Waals surface area contributed by atoms with E-state index >= 15 is 0 Å². The summed E-state index contributed by atoms with van der Waals surface area (Å²) >= 11 is 1.61. The van der Waals surface area contributed by atoms with Gasteiger partial charge in [-0.25, -0.2) is 4.79 Å². The molecule has 2 aromatic rings. The van der Waals surface area contributed by atoms with Crippen molar-refractivity contribution in [3.8, 4) is 0 Å². The maximum absolute atomic E-state index is 12.1. The van der Waals surface area contributed by atoms with Gasteiger partial charge in [-0.3, -0.25) is 0 Å². The summed E-state index contributed by atoms with van der Waals surface area (Å²) in [7, 11) is 0. The van der Waals surface area contributed by atoms with Gasteiger partial charge in [0.1, 0.15) is 0 Å². The summed E-state index contributed by atoms with van der Waals surface area (Å²) in [6.07, 6.45) is 0.0203. The van der Waals surface area contributed by atoms with Crippen LogP contribution in [0.5, 0.6) is 0 Å². The lowest BCUT2D eigenvalue weighted by molar-refractivity contribution is 0.142. The molecule has 21 heavy (non-hydrogen) atoms. The molecule has 3 atom stereocenters. The average Bonchev–Trinajstić information content (AvgIpc) is 3.08. The third-order valence-electron chi connectivity index (χ3n) is 3.81. The zero-order chi connectivity index (χ0) is 14.8. The van der Waals surface area contributed by atoms with Gasteiger partial charge < -0.3 is 15.7 Å². The zero-order valence-corrected chi connectivity index (χ0v) is 12.6. The standard InChI is InChI=1S/C16H18N2O2S/c1-10(14-7-4-8-21-14)17-16(20)18-15-12-6-3-2-5-11(12)9-13(15)19/h2-8,10,13,15,19H,9H2,1H3,(H2,17,18,20)/t10?,13-,15+/m1/s1. The van der Waals surface area contributed by atoms with Gasteiger partial charge in [0.2, 0.25) is 0 Å². The summed E-state index contributed by atoms with van der Waals surface area (Å²) in [4.78, 5) is 13.2. The molecule has 2 amide bonds. The van der Waals surface area contributed by atoms with Crippen molar-refractivity contribution in [1.82, 2.24) is 10.6 Å². The van der Waals surface area contributed by atoms with Crippen molar-refractivity contribution in [1.29, 1.82) is 0 Å². The summed E-state index contributed by atoms with van der Waals surface area (Å²) < 4.78 is 0. The zero-order valence-electron chi connectivity index (χ0n) is 11.7. The first kappa shape index (κ1) is 14.1. The number of nitrogens with one attached hydrogen (secondary N) is 2. The second-order valence-corrected chi connectivity index (χ2v) is 6.28. The van der Waals surface area contributed by atoms with Crippen LogP contribution in [0.1, 0.15) is 35.0 Å². The predicted octanol–water partition coefficient (Wildman–Crippen LogP) is 2.77. The fourth-order valence-electron chi connectivity index (χ4n) is 2.74. The number of carbonyl (C=O) groups excluding carboxylic acids is 1. The number of aliphatic hydroxyl groups excluding tert-OH is 1. The molecule has 0 aliphatic heterocycles. The quantitative estimate of drug-likeness (QED) is 0.816. The molecule has 1 aromatic heterocycles. The highest BCUT2D eigenvalue weighted by Gasteiger charge is 2.32. The lowest BCUT2D eigenvalue weighted by Crippen LogP contribution is -2.41. The number of benzene rings is 1. The average molecular weight is 302 g/mol. The van der Waals surface area contributed by atoms with E-state index in [4.69, 9.17) is 0 Å². The highest BCUT2D eigenvalue weighted by Crippen LogP contribution is 2.31. The van der Waals surface area contributed by atoms with Crippen LogP contribution in [0.4, 0.5) is 4.79 Å². The minimum Gasteiger partial charge on any atom is -0.390 e. The van der Waals surface area contributed by atoms with E-state index < -0.39 is 6.10 Å². The number of aliphatic hydroxyl groups is 1. The van der Waals surface area contributed by atoms with Gasteiger partial charge in [0, 0.05) is 11.3 Å². The van der Waals surface area contributed by atoms with E-state index in [9.17, 15) is 9.90 Å². The van der Waals surface area contributed by atoms with Gasteiger partial charge in [-0.1, -0.05) is 30.3 Å². The van der Waals surface area contributed by atoms with Crippen LogP contribution in [0.25, 0.3) is 0 Å². The second kappa shape index (κ2) is 5.87. The van der Waals surface area contributed by atoms with Gasteiger partial charge in [0.05, 0.1) is 18.2 Å². The molecule has 1 unspecified atom stereocenters. The van der Waals surface area contributed by atoms with Crippen LogP contribution in [0.3, 0.4) is 0 Å². The van der Waals surface area contributed by atoms with Crippen molar-refractivity contribution in [3.63, 3.8) is 0 Å². The summed E-state index contributed by atoms with van der Waals surface area (Å²) in [6, 6.07) is 11.2. The Labute approximate surface area is 127 Å². The number of rotatable bonds is 3. The van der Waals surface area contributed by atoms with E-state index in [1.165, 1.54) is 0 Å². The molecule has 0 saturated carbocycles. The first-order valence-electron chi connectivity index (χ1n) is 7.01. The number of carbonyl (C=O) groups is 1. The SMILES string of the molecule is CC(NC(=O)N[C@H]1c2ccccc2C[C@H]1O)c1cccs1. The number of fused-ring (bicyclic) bond motifs is 1. The van der Waals surface area contributed by atoms with Gasteiger partial charge >= 0.3 is 6.03 Å². The Bertz CT molecular complexity index is 627. The maximum atomic E-state index is 12.1. The molecule has 0 radical (unpaired) electrons. The summed E-state index contributed by atoms with van der Waals surface area (Å²) in [5.41, 5.74) is 2.10. The van der Waals surface area contributed by atoms with Crippen molar-refractivity contribution in [3.05, 3.63) is 57.8 Å². The molecule has 0 spiro atoms. The van der Waals surface area contributed by atoms with Gasteiger partial charge in [0.15, 0.2) is 0 Å². The number of thiophene rings is 1. The normalized spacial score (nSPS) is 21.6. The molecule has 3 rings (SSSR count). The van der Waals surface area contributed by atoms with Crippen molar-refractivity contribution in [2.45, 2.75) is 31.5 Å². The molecule has 4 nitrogen and oxygen atoms in total. The van der Waals surface area contributed by atoms with E-state index in [0.29, 0.717) is 6.42 Å². The van der Waals surface area contributed by atoms with E-state index in [1.54, 1.807) is 11.3 Å². The molecule has 3 N–H and O–H groups in total. The van der Waals surface area contributed by atoms with Gasteiger partial charge in [-0.2, -0.15) is 0 Å². The third kappa shape index (κ3) is 2.94. The van der Waals surface area contributed by atoms with Gasteiger partial charge in [0.25, 0.3) is 0 Å². The number of hydrogen-bond acceptors (Lipinski definition) is 3. The lowest BCUT2D eigenvalue weighted by atomic mass is 10.1. The van der Waals surface area contributed by atoms with Crippen LogP contribution in [0, 0.1) is 0 Å². The number of urea groups is 1. The topological polar surface area (TPSA) is 61.4 Å². The molecule has 5 heteroatoms. The Kier molecular flexibility index (Phi) is 3.94. The Morgan fingerprint density at radius 2 is 2.14 bits per heavy atom. The Morgan fingerprint density at radius 3 is 2.90 bits per heavy atom. The molecule has 0 saturated heterocycles. The minimum atomic E-state index is -0.565. The lowest BCUT2D eigenvalue weighted by Gasteiger charge is -2.20. The highest BCUT2D eigenvalue weighted by atomic mass is 32.1. The summed E-state index contributed by atoms with van der Waals surface area (Å²) in [5.74, 6) is 0. The van der Waals surface area contributed by atoms with E-state index in [2.05, 4.69) is 10.6 Å². The number of hydrogen-bond donors (Lipinski definition) is 3. The van der Waals surface area contributed by atoms with Crippen LogP contribution in [0.15, 0.2) is 41.8 Å². The molecular formula is C16H18N2O2S. The van der Waals surface area contributed by atoms with Crippen molar-refractivity contribution in [2.24, 2.45) is 0 Å². The molecule has 1 heterocycles. The maximum Gasteiger partial charge on any atom is 0.315 e. The largest absolute Gasteiger partial charge is 0.390 e. The van der Waals surface area contributed by atoms with Gasteiger partial charge in [-0.15, -0.1) is 11.3 Å². The molecule has 1 aromatic carbocycles. The van der Waals surface area contributed by atoms with Gasteiger partial charge in [-0.05, 0) is 29.5 Å². The van der Waals surface area contributed by atoms with Crippen LogP contribution in [-0.2, 0) is 6.42 Å². The molecule has 1 aliphatic rings.